The zero-order valence-electron chi connectivity index (χ0n) is 20.3. The quantitative estimate of drug-likeness (QED) is 0.564. The number of nitriles is 1. The Bertz CT molecular complexity index is 1180. The van der Waals surface area contributed by atoms with Crippen LogP contribution in [0.1, 0.15) is 17.9 Å². The molecule has 0 saturated carbocycles. The van der Waals surface area contributed by atoms with E-state index in [-0.39, 0.29) is 12.3 Å². The molecular weight excluding hydrogens is 470 g/mol. The molecule has 0 bridgehead atoms. The summed E-state index contributed by atoms with van der Waals surface area (Å²) in [4.78, 5) is 17.1. The van der Waals surface area contributed by atoms with E-state index in [2.05, 4.69) is 6.07 Å². The Hall–Kier alpha value is -3.71. The molecule has 0 unspecified atom stereocenters. The van der Waals surface area contributed by atoms with Gasteiger partial charge in [0.15, 0.2) is 11.5 Å². The third-order valence-corrected chi connectivity index (χ3v) is 7.27. The number of thioether (sulfide) groups is 1. The van der Waals surface area contributed by atoms with Crippen molar-refractivity contribution in [1.29, 1.82) is 5.26 Å². The number of amides is 1. The van der Waals surface area contributed by atoms with Gasteiger partial charge in [-0.05, 0) is 29.8 Å². The molecular formula is C25H27N3O6S. The number of methoxy groups -OCH3 is 5. The van der Waals surface area contributed by atoms with Crippen LogP contribution < -0.4 is 28.6 Å². The number of nitrogens with zero attached hydrogens (tertiary/aromatic N) is 3. The van der Waals surface area contributed by atoms with Crippen molar-refractivity contribution in [3.05, 3.63) is 46.5 Å². The van der Waals surface area contributed by atoms with Crippen molar-refractivity contribution >= 4 is 23.4 Å². The zero-order valence-corrected chi connectivity index (χ0v) is 21.1. The van der Waals surface area contributed by atoms with Crippen LogP contribution in [0.3, 0.4) is 0 Å². The predicted molar refractivity (Wildman–Crippen MR) is 132 cm³/mol. The van der Waals surface area contributed by atoms with Crippen molar-refractivity contribution in [1.82, 2.24) is 4.90 Å². The first-order valence-electron chi connectivity index (χ1n) is 10.8. The van der Waals surface area contributed by atoms with Gasteiger partial charge in [0, 0.05) is 18.4 Å². The number of allylic oxidation sites excluding steroid dienone is 1. The highest BCUT2D eigenvalue weighted by Crippen LogP contribution is 2.47. The third-order valence-electron chi connectivity index (χ3n) is 6.11. The van der Waals surface area contributed by atoms with Crippen molar-refractivity contribution in [2.45, 2.75) is 12.3 Å². The lowest BCUT2D eigenvalue weighted by molar-refractivity contribution is -0.129. The highest BCUT2D eigenvalue weighted by atomic mass is 32.2. The first-order chi connectivity index (χ1) is 17.0. The first-order valence-corrected chi connectivity index (χ1v) is 11.8. The van der Waals surface area contributed by atoms with E-state index >= 15 is 0 Å². The molecule has 9 nitrogen and oxygen atoms in total. The number of hydrogen-bond donors (Lipinski definition) is 0. The minimum atomic E-state index is -0.415. The molecule has 2 aliphatic rings. The fourth-order valence-electron chi connectivity index (χ4n) is 4.35. The lowest BCUT2D eigenvalue weighted by atomic mass is 9.86. The lowest BCUT2D eigenvalue weighted by Crippen LogP contribution is -2.47. The van der Waals surface area contributed by atoms with Gasteiger partial charge in [-0.3, -0.25) is 9.69 Å². The molecule has 1 atom stereocenters. The third kappa shape index (κ3) is 4.39. The second-order valence-electron chi connectivity index (χ2n) is 7.86. The van der Waals surface area contributed by atoms with Crippen molar-refractivity contribution in [3.8, 4) is 34.8 Å². The molecule has 0 spiro atoms. The summed E-state index contributed by atoms with van der Waals surface area (Å²) in [5.74, 6) is 2.83. The average Bonchev–Trinajstić information content (AvgIpc) is 2.91. The Kier molecular flexibility index (Phi) is 7.17. The summed E-state index contributed by atoms with van der Waals surface area (Å²) in [7, 11) is 7.81. The van der Waals surface area contributed by atoms with E-state index in [1.807, 2.05) is 23.1 Å². The molecule has 1 saturated heterocycles. The molecule has 1 fully saturated rings. The van der Waals surface area contributed by atoms with Gasteiger partial charge in [-0.15, -0.1) is 0 Å². The summed E-state index contributed by atoms with van der Waals surface area (Å²) in [6.07, 6.45) is 0.152. The molecule has 184 valence electrons. The lowest BCUT2D eigenvalue weighted by Gasteiger charge is -2.42. The van der Waals surface area contributed by atoms with Gasteiger partial charge < -0.3 is 28.6 Å². The summed E-state index contributed by atoms with van der Waals surface area (Å²) >= 11 is 1.46. The maximum Gasteiger partial charge on any atom is 0.229 e. The van der Waals surface area contributed by atoms with Gasteiger partial charge in [-0.25, -0.2) is 0 Å². The molecule has 1 amide bonds. The molecule has 4 rings (SSSR count). The molecule has 0 aliphatic carbocycles. The van der Waals surface area contributed by atoms with E-state index in [0.717, 1.165) is 11.3 Å². The van der Waals surface area contributed by atoms with E-state index in [4.69, 9.17) is 23.7 Å². The number of ether oxygens (including phenoxy) is 5. The number of benzene rings is 2. The number of fused-ring (bicyclic) bond motifs is 1. The van der Waals surface area contributed by atoms with Crippen LogP contribution in [0.4, 0.5) is 5.69 Å². The monoisotopic (exact) mass is 497 g/mol. The van der Waals surface area contributed by atoms with Crippen LogP contribution in [0.5, 0.6) is 28.7 Å². The molecule has 35 heavy (non-hydrogen) atoms. The van der Waals surface area contributed by atoms with Crippen LogP contribution in [0.15, 0.2) is 40.9 Å². The normalized spacial score (nSPS) is 17.5. The van der Waals surface area contributed by atoms with Crippen LogP contribution in [0, 0.1) is 11.3 Å². The summed E-state index contributed by atoms with van der Waals surface area (Å²) in [6.45, 7) is 0.316. The molecule has 10 heteroatoms. The summed E-state index contributed by atoms with van der Waals surface area (Å²) in [5, 5.41) is 10.8. The summed E-state index contributed by atoms with van der Waals surface area (Å²) in [5.41, 5.74) is 2.15. The van der Waals surface area contributed by atoms with E-state index < -0.39 is 5.92 Å². The number of anilines is 1. The molecule has 2 heterocycles. The average molecular weight is 498 g/mol. The van der Waals surface area contributed by atoms with Crippen LogP contribution in [-0.4, -0.2) is 58.9 Å². The van der Waals surface area contributed by atoms with Gasteiger partial charge in [0.05, 0.1) is 70.5 Å². The molecule has 0 N–H and O–H groups in total. The number of carbonyl (C=O) groups is 1. The van der Waals surface area contributed by atoms with Gasteiger partial charge >= 0.3 is 0 Å². The topological polar surface area (TPSA) is 93.5 Å². The molecule has 2 aromatic carbocycles. The Morgan fingerprint density at radius 1 is 0.943 bits per heavy atom. The van der Waals surface area contributed by atoms with Crippen LogP contribution in [0.2, 0.25) is 0 Å². The van der Waals surface area contributed by atoms with Crippen molar-refractivity contribution in [2.75, 3.05) is 53.0 Å². The van der Waals surface area contributed by atoms with Crippen molar-refractivity contribution in [2.24, 2.45) is 0 Å². The number of rotatable bonds is 7. The molecule has 2 aromatic rings. The Balaban J connectivity index is 1.70. The Morgan fingerprint density at radius 2 is 1.63 bits per heavy atom. The largest absolute Gasteiger partial charge is 0.497 e. The SMILES string of the molecule is COc1ccc(N2CSC3=C(C#N)[C@@H](c4cc(OC)c(OC)c(OC)c4)CC(=O)N3C2)c(OC)c1. The fraction of sp³-hybridized carbons (Fsp3) is 0.360. The maximum atomic E-state index is 13.3. The maximum absolute atomic E-state index is 13.3. The zero-order chi connectivity index (χ0) is 25.1. The van der Waals surface area contributed by atoms with Crippen molar-refractivity contribution < 1.29 is 28.5 Å². The molecule has 2 aliphatic heterocycles. The van der Waals surface area contributed by atoms with Gasteiger partial charge in [-0.1, -0.05) is 11.8 Å². The van der Waals surface area contributed by atoms with Gasteiger partial charge in [-0.2, -0.15) is 5.26 Å². The van der Waals surface area contributed by atoms with Crippen LogP contribution in [-0.2, 0) is 4.79 Å². The van der Waals surface area contributed by atoms with E-state index in [1.54, 1.807) is 31.3 Å². The highest BCUT2D eigenvalue weighted by Gasteiger charge is 2.39. The Labute approximate surface area is 208 Å². The molecule has 0 radical (unpaired) electrons. The van der Waals surface area contributed by atoms with E-state index in [9.17, 15) is 10.1 Å². The standard InChI is InChI=1S/C25H27N3O6S/c1-30-16-6-7-19(20(10-16)31-2)27-13-28-23(29)11-17(18(12-26)25(28)35-14-27)15-8-21(32-3)24(34-5)22(9-15)33-4/h6-10,17H,11,13-14H2,1-5H3/t17-/m1/s1. The Morgan fingerprint density at radius 3 is 2.20 bits per heavy atom. The van der Waals surface area contributed by atoms with Gasteiger partial charge in [0.1, 0.15) is 11.5 Å². The second kappa shape index (κ2) is 10.3. The van der Waals surface area contributed by atoms with Crippen LogP contribution >= 0.6 is 11.8 Å². The minimum Gasteiger partial charge on any atom is -0.497 e. The second-order valence-corrected chi connectivity index (χ2v) is 8.79. The van der Waals surface area contributed by atoms with Crippen LogP contribution in [0.25, 0.3) is 0 Å². The van der Waals surface area contributed by atoms with Gasteiger partial charge in [0.25, 0.3) is 0 Å². The van der Waals surface area contributed by atoms with E-state index in [1.165, 1.54) is 33.1 Å². The first kappa shape index (κ1) is 24.4. The highest BCUT2D eigenvalue weighted by molar-refractivity contribution is 8.03. The number of carbonyl (C=O) groups excluding carboxylic acids is 1. The summed E-state index contributed by atoms with van der Waals surface area (Å²) in [6, 6.07) is 11.5. The minimum absolute atomic E-state index is 0.0672. The fourth-order valence-corrected chi connectivity index (χ4v) is 5.51. The van der Waals surface area contributed by atoms with E-state index in [0.29, 0.717) is 51.9 Å². The molecule has 0 aromatic heterocycles. The smallest absolute Gasteiger partial charge is 0.229 e. The predicted octanol–water partition coefficient (Wildman–Crippen LogP) is 3.95. The number of hydrogen-bond acceptors (Lipinski definition) is 9. The van der Waals surface area contributed by atoms with Gasteiger partial charge in [0.2, 0.25) is 11.7 Å². The summed E-state index contributed by atoms with van der Waals surface area (Å²) < 4.78 is 27.2. The van der Waals surface area contributed by atoms with Crippen molar-refractivity contribution in [3.63, 3.8) is 0 Å².